The summed E-state index contributed by atoms with van der Waals surface area (Å²) in [5.41, 5.74) is 4.13. The molecule has 16 heteroatoms. The van der Waals surface area contributed by atoms with Crippen molar-refractivity contribution in [2.24, 2.45) is 0 Å². The molecule has 15 nitrogen and oxygen atoms in total. The molecule has 0 aromatic heterocycles. The van der Waals surface area contributed by atoms with Crippen LogP contribution in [0.3, 0.4) is 0 Å². The average Bonchev–Trinajstić information content (AvgIpc) is 3.64. The Morgan fingerprint density at radius 1 is 0.773 bits per heavy atom. The molecule has 2 N–H and O–H groups in total. The number of piperidine rings is 1. The molecular formula is C50H57N5O10S. The standard InChI is InChI=1S/C50H57N5O10S/c1-3-52(26-29-64-40-10-12-41(13-11-40)65-48-43(16-7-36-32-39(56)9-17-44(36)48)35-5-14-42(15-6-35)66(2,60)61)24-27-62-30-31-63-28-25-53-20-22-54(23-21-53)38-8-4-37-34-55(50(59)45(37)33-38)46-18-19-47(57)51-49(46)58/h4-17,32-33,46,56H,3,18-31,34H2,1-2H3,(H,51,57,58). The number of imide groups is 1. The van der Waals surface area contributed by atoms with E-state index in [2.05, 4.69) is 33.0 Å². The first-order valence-corrected chi connectivity index (χ1v) is 24.4. The highest BCUT2D eigenvalue weighted by Gasteiger charge is 2.39. The van der Waals surface area contributed by atoms with Gasteiger partial charge in [0.05, 0.1) is 31.3 Å². The Labute approximate surface area is 385 Å². The highest BCUT2D eigenvalue weighted by Crippen LogP contribution is 2.41. The van der Waals surface area contributed by atoms with Crippen molar-refractivity contribution < 1.29 is 46.9 Å². The van der Waals surface area contributed by atoms with Crippen LogP contribution in [0.5, 0.6) is 23.0 Å². The molecule has 1 unspecified atom stereocenters. The fraction of sp³-hybridized carbons (Fsp3) is 0.380. The van der Waals surface area contributed by atoms with Crippen molar-refractivity contribution in [1.29, 1.82) is 0 Å². The number of carbonyl (C=O) groups excluding carboxylic acids is 3. The number of nitrogens with one attached hydrogen (secondary N) is 1. The number of sulfone groups is 1. The van der Waals surface area contributed by atoms with Gasteiger partial charge in [-0.2, -0.15) is 0 Å². The Balaban J connectivity index is 0.707. The number of hydrogen-bond donors (Lipinski definition) is 2. The number of anilines is 1. The molecule has 66 heavy (non-hydrogen) atoms. The summed E-state index contributed by atoms with van der Waals surface area (Å²) in [5.74, 6) is 1.21. The van der Waals surface area contributed by atoms with Crippen molar-refractivity contribution in [2.45, 2.75) is 37.2 Å². The first kappa shape index (κ1) is 46.5. The molecule has 0 bridgehead atoms. The van der Waals surface area contributed by atoms with Crippen LogP contribution in [-0.2, 0) is 35.4 Å². The lowest BCUT2D eigenvalue weighted by molar-refractivity contribution is -0.136. The number of phenols is 1. The van der Waals surface area contributed by atoms with Gasteiger partial charge in [0.1, 0.15) is 35.6 Å². The van der Waals surface area contributed by atoms with Crippen molar-refractivity contribution in [3.8, 4) is 34.1 Å². The van der Waals surface area contributed by atoms with Gasteiger partial charge in [0, 0.05) is 87.2 Å². The van der Waals surface area contributed by atoms with Crippen LogP contribution in [0.25, 0.3) is 21.9 Å². The van der Waals surface area contributed by atoms with Crippen molar-refractivity contribution in [2.75, 3.05) is 96.5 Å². The van der Waals surface area contributed by atoms with Gasteiger partial charge in [-0.05, 0) is 102 Å². The zero-order chi connectivity index (χ0) is 46.2. The van der Waals surface area contributed by atoms with Gasteiger partial charge >= 0.3 is 0 Å². The number of likely N-dealkylation sites (N-methyl/N-ethyl adjacent to an activating group) is 1. The summed E-state index contributed by atoms with van der Waals surface area (Å²) in [4.78, 5) is 46.1. The number of aromatic hydroxyl groups is 1. The van der Waals surface area contributed by atoms with Crippen molar-refractivity contribution in [3.63, 3.8) is 0 Å². The van der Waals surface area contributed by atoms with Crippen LogP contribution < -0.4 is 19.7 Å². The zero-order valence-electron chi connectivity index (χ0n) is 37.4. The van der Waals surface area contributed by atoms with Gasteiger partial charge in [0.2, 0.25) is 11.8 Å². The Bertz CT molecular complexity index is 2640. The van der Waals surface area contributed by atoms with E-state index in [-0.39, 0.29) is 28.9 Å². The fourth-order valence-electron chi connectivity index (χ4n) is 8.63. The molecule has 3 amide bonds. The third-order valence-electron chi connectivity index (χ3n) is 12.4. The molecule has 3 heterocycles. The van der Waals surface area contributed by atoms with E-state index in [0.717, 1.165) is 85.5 Å². The maximum atomic E-state index is 13.3. The molecule has 0 aliphatic carbocycles. The molecule has 0 radical (unpaired) electrons. The van der Waals surface area contributed by atoms with E-state index in [1.807, 2.05) is 54.6 Å². The monoisotopic (exact) mass is 919 g/mol. The lowest BCUT2D eigenvalue weighted by Crippen LogP contribution is -2.52. The van der Waals surface area contributed by atoms with Crippen molar-refractivity contribution >= 4 is 44.0 Å². The number of benzene rings is 5. The van der Waals surface area contributed by atoms with Crippen LogP contribution in [-0.4, -0.2) is 144 Å². The van der Waals surface area contributed by atoms with E-state index >= 15 is 0 Å². The third kappa shape index (κ3) is 11.3. The summed E-state index contributed by atoms with van der Waals surface area (Å²) in [6, 6.07) is 28.4. The van der Waals surface area contributed by atoms with Gasteiger partial charge in [-0.15, -0.1) is 0 Å². The molecule has 3 aliphatic heterocycles. The summed E-state index contributed by atoms with van der Waals surface area (Å²) in [6.07, 6.45) is 1.78. The maximum Gasteiger partial charge on any atom is 0.255 e. The number of rotatable bonds is 20. The zero-order valence-corrected chi connectivity index (χ0v) is 38.3. The number of amides is 3. The molecule has 8 rings (SSSR count). The van der Waals surface area contributed by atoms with E-state index in [0.29, 0.717) is 68.8 Å². The molecule has 2 saturated heterocycles. The Morgan fingerprint density at radius 3 is 2.23 bits per heavy atom. The molecule has 348 valence electrons. The number of phenolic OH excluding ortho intramolecular Hbond substituents is 1. The fourth-order valence-corrected chi connectivity index (χ4v) is 9.26. The number of hydrogen-bond acceptors (Lipinski definition) is 13. The van der Waals surface area contributed by atoms with Crippen LogP contribution in [0.2, 0.25) is 0 Å². The molecule has 0 spiro atoms. The number of nitrogens with zero attached hydrogens (tertiary/aromatic N) is 4. The number of carbonyl (C=O) groups is 3. The maximum absolute atomic E-state index is 13.3. The summed E-state index contributed by atoms with van der Waals surface area (Å²) >= 11 is 0. The van der Waals surface area contributed by atoms with E-state index in [1.54, 1.807) is 41.3 Å². The minimum atomic E-state index is -3.34. The van der Waals surface area contributed by atoms with E-state index in [9.17, 15) is 27.9 Å². The smallest absolute Gasteiger partial charge is 0.255 e. The Morgan fingerprint density at radius 2 is 1.50 bits per heavy atom. The van der Waals surface area contributed by atoms with Crippen LogP contribution >= 0.6 is 0 Å². The van der Waals surface area contributed by atoms with E-state index in [1.165, 1.54) is 6.26 Å². The molecular weight excluding hydrogens is 863 g/mol. The van der Waals surface area contributed by atoms with Gasteiger partial charge in [-0.3, -0.25) is 29.5 Å². The predicted octanol–water partition coefficient (Wildman–Crippen LogP) is 5.73. The normalized spacial score (nSPS) is 16.8. The van der Waals surface area contributed by atoms with Crippen LogP contribution in [0.4, 0.5) is 5.69 Å². The number of piperazine rings is 1. The summed E-state index contributed by atoms with van der Waals surface area (Å²) in [5, 5.41) is 14.1. The molecule has 0 saturated carbocycles. The second-order valence-electron chi connectivity index (χ2n) is 16.8. The van der Waals surface area contributed by atoms with E-state index < -0.39 is 21.8 Å². The number of ether oxygens (including phenoxy) is 4. The van der Waals surface area contributed by atoms with Crippen LogP contribution in [0, 0.1) is 0 Å². The Kier molecular flexibility index (Phi) is 14.8. The van der Waals surface area contributed by atoms with E-state index in [4.69, 9.17) is 18.9 Å². The third-order valence-corrected chi connectivity index (χ3v) is 13.6. The lowest BCUT2D eigenvalue weighted by Gasteiger charge is -2.36. The highest BCUT2D eigenvalue weighted by molar-refractivity contribution is 7.90. The second-order valence-corrected chi connectivity index (χ2v) is 18.8. The van der Waals surface area contributed by atoms with Gasteiger partial charge in [-0.25, -0.2) is 8.42 Å². The topological polar surface area (TPSA) is 167 Å². The minimum absolute atomic E-state index is 0.148. The van der Waals surface area contributed by atoms with Crippen molar-refractivity contribution in [1.82, 2.24) is 20.0 Å². The predicted molar refractivity (Wildman–Crippen MR) is 251 cm³/mol. The molecule has 5 aromatic carbocycles. The number of fused-ring (bicyclic) bond motifs is 2. The van der Waals surface area contributed by atoms with Gasteiger partial charge in [-0.1, -0.05) is 31.2 Å². The van der Waals surface area contributed by atoms with Crippen LogP contribution in [0.15, 0.2) is 102 Å². The highest BCUT2D eigenvalue weighted by atomic mass is 32.2. The first-order chi connectivity index (χ1) is 31.9. The molecule has 2 fully saturated rings. The largest absolute Gasteiger partial charge is 0.508 e. The minimum Gasteiger partial charge on any atom is -0.508 e. The summed E-state index contributed by atoms with van der Waals surface area (Å²) in [6.45, 7) is 11.9. The van der Waals surface area contributed by atoms with Crippen LogP contribution in [0.1, 0.15) is 35.7 Å². The SMILES string of the molecule is CCN(CCOCCOCCN1CCN(c2ccc3c(c2)C(=O)N(C2CCC(=O)NC2=O)C3)CC1)CCOc1ccc(Oc2c(-c3ccc(S(C)(=O)=O)cc3)ccc3cc(O)ccc23)cc1. The second kappa shape index (κ2) is 21.1. The molecule has 3 aliphatic rings. The average molecular weight is 920 g/mol. The summed E-state index contributed by atoms with van der Waals surface area (Å²) < 4.78 is 48.5. The molecule has 5 aromatic rings. The lowest BCUT2D eigenvalue weighted by atomic mass is 9.99. The van der Waals surface area contributed by atoms with Gasteiger partial charge < -0.3 is 33.9 Å². The molecule has 1 atom stereocenters. The quantitative estimate of drug-likeness (QED) is 0.0719. The first-order valence-electron chi connectivity index (χ1n) is 22.5. The Hall–Kier alpha value is -6.04. The van der Waals surface area contributed by atoms with Crippen molar-refractivity contribution in [3.05, 3.63) is 108 Å². The van der Waals surface area contributed by atoms with Gasteiger partial charge in [0.25, 0.3) is 5.91 Å². The van der Waals surface area contributed by atoms with Gasteiger partial charge in [0.15, 0.2) is 9.84 Å². The summed E-state index contributed by atoms with van der Waals surface area (Å²) in [7, 11) is -3.34.